The van der Waals surface area contributed by atoms with Crippen LogP contribution in [0.25, 0.3) is 0 Å². The molecule has 1 aliphatic heterocycles. The fraction of sp³-hybridized carbons (Fsp3) is 0.583. The second kappa shape index (κ2) is 5.00. The van der Waals surface area contributed by atoms with Crippen molar-refractivity contribution in [3.05, 3.63) is 16.5 Å². The van der Waals surface area contributed by atoms with Gasteiger partial charge >= 0.3 is 0 Å². The maximum Gasteiger partial charge on any atom is 0.156 e. The highest BCUT2D eigenvalue weighted by molar-refractivity contribution is 6.32. The zero-order chi connectivity index (χ0) is 12.4. The fourth-order valence-corrected chi connectivity index (χ4v) is 2.35. The summed E-state index contributed by atoms with van der Waals surface area (Å²) in [6.07, 6.45) is 2.99. The Hall–Kier alpha value is -1.16. The van der Waals surface area contributed by atoms with E-state index < -0.39 is 0 Å². The number of anilines is 1. The van der Waals surface area contributed by atoms with Crippen molar-refractivity contribution >= 4 is 23.7 Å². The number of carbonyl (C=O) groups is 1. The van der Waals surface area contributed by atoms with Crippen LogP contribution in [0.3, 0.4) is 0 Å². The van der Waals surface area contributed by atoms with Gasteiger partial charge in [0.1, 0.15) is 16.8 Å². The van der Waals surface area contributed by atoms with Crippen LogP contribution in [0.15, 0.2) is 0 Å². The largest absolute Gasteiger partial charge is 0.356 e. The molecule has 5 heteroatoms. The van der Waals surface area contributed by atoms with Gasteiger partial charge in [0.05, 0.1) is 5.56 Å². The number of aldehydes is 1. The third-order valence-corrected chi connectivity index (χ3v) is 3.48. The fourth-order valence-electron chi connectivity index (χ4n) is 2.10. The lowest BCUT2D eigenvalue weighted by Gasteiger charge is -2.32. The monoisotopic (exact) mass is 253 g/mol. The maximum atomic E-state index is 11.1. The molecule has 2 rings (SSSR count). The van der Waals surface area contributed by atoms with Gasteiger partial charge in [-0.25, -0.2) is 9.97 Å². The van der Waals surface area contributed by atoms with Crippen molar-refractivity contribution in [3.63, 3.8) is 0 Å². The van der Waals surface area contributed by atoms with E-state index in [0.717, 1.165) is 38.1 Å². The average Bonchev–Trinajstić information content (AvgIpc) is 2.29. The molecule has 4 nitrogen and oxygen atoms in total. The second-order valence-electron chi connectivity index (χ2n) is 4.59. The van der Waals surface area contributed by atoms with Gasteiger partial charge in [-0.05, 0) is 25.7 Å². The Morgan fingerprint density at radius 3 is 2.59 bits per heavy atom. The lowest BCUT2D eigenvalue weighted by molar-refractivity contribution is 0.112. The highest BCUT2D eigenvalue weighted by atomic mass is 35.5. The summed E-state index contributed by atoms with van der Waals surface area (Å²) >= 11 is 5.97. The summed E-state index contributed by atoms with van der Waals surface area (Å²) in [4.78, 5) is 21.6. The molecule has 0 saturated carbocycles. The van der Waals surface area contributed by atoms with Crippen LogP contribution < -0.4 is 4.90 Å². The van der Waals surface area contributed by atoms with E-state index in [1.165, 1.54) is 0 Å². The van der Waals surface area contributed by atoms with Crippen molar-refractivity contribution in [3.8, 4) is 0 Å². The Kier molecular flexibility index (Phi) is 3.62. The molecule has 1 aliphatic rings. The maximum absolute atomic E-state index is 11.1. The molecule has 92 valence electrons. The predicted octanol–water partition coefficient (Wildman–Crippen LogP) is 2.49. The molecular weight excluding hydrogens is 238 g/mol. The van der Waals surface area contributed by atoms with E-state index in [1.54, 1.807) is 6.92 Å². The molecular formula is C12H16ClN3O. The number of nitrogens with zero attached hydrogens (tertiary/aromatic N) is 3. The average molecular weight is 254 g/mol. The van der Waals surface area contributed by atoms with Crippen LogP contribution in [0.5, 0.6) is 0 Å². The smallest absolute Gasteiger partial charge is 0.156 e. The summed E-state index contributed by atoms with van der Waals surface area (Å²) in [5.74, 6) is 2.03. The summed E-state index contributed by atoms with van der Waals surface area (Å²) in [5, 5.41) is 0.251. The zero-order valence-corrected chi connectivity index (χ0v) is 10.9. The third kappa shape index (κ3) is 2.57. The zero-order valence-electron chi connectivity index (χ0n) is 10.1. The SMILES string of the molecule is Cc1nc(Cl)c(C=O)c(N2CCC(C)CC2)n1. The van der Waals surface area contributed by atoms with Gasteiger partial charge in [-0.15, -0.1) is 0 Å². The Morgan fingerprint density at radius 2 is 2.00 bits per heavy atom. The van der Waals surface area contributed by atoms with Crippen LogP contribution in [0.2, 0.25) is 5.15 Å². The molecule has 0 spiro atoms. The number of hydrogen-bond donors (Lipinski definition) is 0. The quantitative estimate of drug-likeness (QED) is 0.600. The lowest BCUT2D eigenvalue weighted by Crippen LogP contribution is -2.34. The van der Waals surface area contributed by atoms with E-state index in [9.17, 15) is 4.79 Å². The number of aryl methyl sites for hydroxylation is 1. The summed E-state index contributed by atoms with van der Waals surface area (Å²) in [7, 11) is 0. The van der Waals surface area contributed by atoms with Crippen molar-refractivity contribution < 1.29 is 4.79 Å². The van der Waals surface area contributed by atoms with E-state index in [-0.39, 0.29) is 5.15 Å². The van der Waals surface area contributed by atoms with Crippen LogP contribution >= 0.6 is 11.6 Å². The summed E-state index contributed by atoms with van der Waals surface area (Å²) in [5.41, 5.74) is 0.409. The van der Waals surface area contributed by atoms with Gasteiger partial charge in [-0.3, -0.25) is 4.79 Å². The number of hydrogen-bond acceptors (Lipinski definition) is 4. The molecule has 1 aromatic rings. The molecule has 0 aliphatic carbocycles. The standard InChI is InChI=1S/C12H16ClN3O/c1-8-3-5-16(6-4-8)12-10(7-17)11(13)14-9(2)15-12/h7-8H,3-6H2,1-2H3. The van der Waals surface area contributed by atoms with Gasteiger partial charge in [0.25, 0.3) is 0 Å². The first-order valence-corrected chi connectivity index (χ1v) is 6.24. The summed E-state index contributed by atoms with van der Waals surface area (Å²) < 4.78 is 0. The van der Waals surface area contributed by atoms with E-state index >= 15 is 0 Å². The van der Waals surface area contributed by atoms with E-state index in [0.29, 0.717) is 17.2 Å². The van der Waals surface area contributed by atoms with Crippen molar-refractivity contribution in [1.82, 2.24) is 9.97 Å². The molecule has 1 fully saturated rings. The molecule has 0 bridgehead atoms. The Labute approximate surface area is 106 Å². The number of halogens is 1. The first kappa shape index (κ1) is 12.3. The Balaban J connectivity index is 2.34. The van der Waals surface area contributed by atoms with Gasteiger partial charge in [-0.2, -0.15) is 0 Å². The van der Waals surface area contributed by atoms with Crippen molar-refractivity contribution in [2.45, 2.75) is 26.7 Å². The molecule has 2 heterocycles. The first-order valence-electron chi connectivity index (χ1n) is 5.86. The minimum absolute atomic E-state index is 0.251. The molecule has 0 radical (unpaired) electrons. The van der Waals surface area contributed by atoms with E-state index in [1.807, 2.05) is 0 Å². The second-order valence-corrected chi connectivity index (χ2v) is 4.94. The summed E-state index contributed by atoms with van der Waals surface area (Å²) in [6.45, 7) is 5.89. The van der Waals surface area contributed by atoms with Gasteiger partial charge in [0.2, 0.25) is 0 Å². The highest BCUT2D eigenvalue weighted by Crippen LogP contribution is 2.26. The molecule has 0 aromatic carbocycles. The van der Waals surface area contributed by atoms with Crippen molar-refractivity contribution in [2.24, 2.45) is 5.92 Å². The van der Waals surface area contributed by atoms with Gasteiger partial charge in [0.15, 0.2) is 6.29 Å². The number of piperidine rings is 1. The van der Waals surface area contributed by atoms with Gasteiger partial charge in [0, 0.05) is 13.1 Å². The highest BCUT2D eigenvalue weighted by Gasteiger charge is 2.21. The normalized spacial score (nSPS) is 17.2. The van der Waals surface area contributed by atoms with Crippen LogP contribution in [0.4, 0.5) is 5.82 Å². The molecule has 0 atom stereocenters. The Bertz CT molecular complexity index is 428. The molecule has 0 amide bonds. The van der Waals surface area contributed by atoms with Crippen molar-refractivity contribution in [1.29, 1.82) is 0 Å². The van der Waals surface area contributed by atoms with Crippen LogP contribution in [-0.2, 0) is 0 Å². The summed E-state index contributed by atoms with van der Waals surface area (Å²) in [6, 6.07) is 0. The molecule has 0 unspecified atom stereocenters. The minimum atomic E-state index is 0.251. The first-order chi connectivity index (χ1) is 8.11. The van der Waals surface area contributed by atoms with Gasteiger partial charge < -0.3 is 4.90 Å². The van der Waals surface area contributed by atoms with Crippen LogP contribution in [0, 0.1) is 12.8 Å². The lowest BCUT2D eigenvalue weighted by atomic mass is 9.99. The number of aromatic nitrogens is 2. The molecule has 1 aromatic heterocycles. The molecule has 1 saturated heterocycles. The number of rotatable bonds is 2. The third-order valence-electron chi connectivity index (χ3n) is 3.19. The topological polar surface area (TPSA) is 46.1 Å². The molecule has 17 heavy (non-hydrogen) atoms. The molecule has 0 N–H and O–H groups in total. The predicted molar refractivity (Wildman–Crippen MR) is 67.8 cm³/mol. The minimum Gasteiger partial charge on any atom is -0.356 e. The van der Waals surface area contributed by atoms with Crippen LogP contribution in [-0.4, -0.2) is 29.3 Å². The van der Waals surface area contributed by atoms with E-state index in [4.69, 9.17) is 11.6 Å². The Morgan fingerprint density at radius 1 is 1.35 bits per heavy atom. The number of carbonyl (C=O) groups excluding carboxylic acids is 1. The van der Waals surface area contributed by atoms with E-state index in [2.05, 4.69) is 21.8 Å². The van der Waals surface area contributed by atoms with Gasteiger partial charge in [-0.1, -0.05) is 18.5 Å². The van der Waals surface area contributed by atoms with Crippen molar-refractivity contribution in [2.75, 3.05) is 18.0 Å². The van der Waals surface area contributed by atoms with Crippen LogP contribution in [0.1, 0.15) is 35.9 Å².